The number of allylic oxidation sites excluding steroid dienone is 1. The average Bonchev–Trinajstić information content (AvgIpc) is 3.58. The van der Waals surface area contributed by atoms with Crippen molar-refractivity contribution in [2.24, 2.45) is 5.92 Å². The van der Waals surface area contributed by atoms with Crippen molar-refractivity contribution in [3.05, 3.63) is 89.3 Å². The number of halogens is 1. The van der Waals surface area contributed by atoms with Crippen molar-refractivity contribution >= 4 is 17.6 Å². The van der Waals surface area contributed by atoms with Crippen LogP contribution in [-0.2, 0) is 17.9 Å². The Balaban J connectivity index is 1.43. The molecule has 0 aliphatic carbocycles. The number of carbonyl (C=O) groups excluding carboxylic acids is 3. The smallest absolute Gasteiger partial charge is 0.274 e. The quantitative estimate of drug-likeness (QED) is 0.477. The average molecular weight is 518 g/mol. The molecule has 1 aromatic carbocycles. The SMILES string of the molecule is C=CC(=O)CC1CCN(C(=O)c2nn(Cc3ccc(F)cc3)c3c2CN(C(=O)c2ccc[nH]2)CC3C)CC1. The number of fused-ring (bicyclic) bond motifs is 1. The molecule has 5 rings (SSSR count). The minimum atomic E-state index is -0.308. The zero-order valence-corrected chi connectivity index (χ0v) is 21.5. The van der Waals surface area contributed by atoms with Crippen molar-refractivity contribution in [1.82, 2.24) is 24.6 Å². The molecule has 0 saturated carbocycles. The van der Waals surface area contributed by atoms with Crippen LogP contribution >= 0.6 is 0 Å². The van der Waals surface area contributed by atoms with Gasteiger partial charge in [0.05, 0.1) is 13.1 Å². The lowest BCUT2D eigenvalue weighted by Crippen LogP contribution is -2.41. The van der Waals surface area contributed by atoms with Gasteiger partial charge in [0.15, 0.2) is 11.5 Å². The molecular weight excluding hydrogens is 485 g/mol. The van der Waals surface area contributed by atoms with E-state index in [1.807, 2.05) is 11.6 Å². The van der Waals surface area contributed by atoms with Crippen molar-refractivity contribution in [2.75, 3.05) is 19.6 Å². The number of hydrogen-bond donors (Lipinski definition) is 1. The second-order valence-corrected chi connectivity index (χ2v) is 10.3. The predicted molar refractivity (Wildman–Crippen MR) is 140 cm³/mol. The molecule has 198 valence electrons. The number of nitrogens with zero attached hydrogens (tertiary/aromatic N) is 4. The van der Waals surface area contributed by atoms with E-state index in [0.29, 0.717) is 44.0 Å². The number of amides is 2. The molecule has 3 aromatic rings. The number of hydrogen-bond acceptors (Lipinski definition) is 4. The van der Waals surface area contributed by atoms with Crippen LogP contribution in [0.4, 0.5) is 4.39 Å². The standard InChI is InChI=1S/C29H32FN5O3/c1-3-23(36)15-20-10-13-33(14-11-20)29(38)26-24-18-34(28(37)25-5-4-12-31-25)16-19(2)27(24)35(32-26)17-21-6-8-22(30)9-7-21/h3-9,12,19-20,31H,1,10-11,13-18H2,2H3. The Bertz CT molecular complexity index is 1340. The number of rotatable bonds is 7. The second kappa shape index (κ2) is 10.8. The number of nitrogens with one attached hydrogen (secondary N) is 1. The van der Waals surface area contributed by atoms with Gasteiger partial charge < -0.3 is 14.8 Å². The van der Waals surface area contributed by atoms with Gasteiger partial charge in [-0.2, -0.15) is 5.10 Å². The van der Waals surface area contributed by atoms with Crippen LogP contribution < -0.4 is 0 Å². The largest absolute Gasteiger partial charge is 0.357 e. The van der Waals surface area contributed by atoms with Gasteiger partial charge in [-0.25, -0.2) is 4.39 Å². The summed E-state index contributed by atoms with van der Waals surface area (Å²) in [4.78, 5) is 45.3. The van der Waals surface area contributed by atoms with Crippen LogP contribution in [0.1, 0.15) is 69.9 Å². The van der Waals surface area contributed by atoms with Gasteiger partial charge in [0, 0.05) is 49.4 Å². The molecule has 1 fully saturated rings. The summed E-state index contributed by atoms with van der Waals surface area (Å²) in [5.41, 5.74) is 3.43. The van der Waals surface area contributed by atoms with Gasteiger partial charge in [0.2, 0.25) is 0 Å². The van der Waals surface area contributed by atoms with E-state index in [4.69, 9.17) is 5.10 Å². The molecule has 2 aliphatic heterocycles. The molecule has 9 heteroatoms. The highest BCUT2D eigenvalue weighted by Crippen LogP contribution is 2.33. The zero-order chi connectivity index (χ0) is 26.8. The van der Waals surface area contributed by atoms with Gasteiger partial charge in [-0.15, -0.1) is 0 Å². The Kier molecular flexibility index (Phi) is 7.26. The maximum Gasteiger partial charge on any atom is 0.274 e. The number of piperidine rings is 1. The van der Waals surface area contributed by atoms with Gasteiger partial charge in [-0.05, 0) is 54.7 Å². The predicted octanol–water partition coefficient (Wildman–Crippen LogP) is 4.16. The third-order valence-corrected chi connectivity index (χ3v) is 7.59. The number of carbonyl (C=O) groups is 3. The van der Waals surface area contributed by atoms with Crippen LogP contribution in [0.5, 0.6) is 0 Å². The Labute approximate surface area is 221 Å². The zero-order valence-electron chi connectivity index (χ0n) is 21.5. The summed E-state index contributed by atoms with van der Waals surface area (Å²) >= 11 is 0. The molecule has 38 heavy (non-hydrogen) atoms. The van der Waals surface area contributed by atoms with Gasteiger partial charge >= 0.3 is 0 Å². The molecule has 1 atom stereocenters. The molecule has 0 radical (unpaired) electrons. The maximum atomic E-state index is 13.8. The summed E-state index contributed by atoms with van der Waals surface area (Å²) in [5, 5.41) is 4.79. The Morgan fingerprint density at radius 1 is 1.11 bits per heavy atom. The summed E-state index contributed by atoms with van der Waals surface area (Å²) in [5.74, 6) is -0.369. The van der Waals surface area contributed by atoms with Crippen LogP contribution in [-0.4, -0.2) is 61.8 Å². The fraction of sp³-hybridized carbons (Fsp3) is 0.379. The van der Waals surface area contributed by atoms with Gasteiger partial charge in [-0.3, -0.25) is 19.1 Å². The number of aromatic nitrogens is 3. The lowest BCUT2D eigenvalue weighted by Gasteiger charge is -2.33. The molecule has 1 N–H and O–H groups in total. The van der Waals surface area contributed by atoms with E-state index in [1.54, 1.807) is 40.3 Å². The first-order valence-electron chi connectivity index (χ1n) is 13.0. The first-order valence-corrected chi connectivity index (χ1v) is 13.0. The molecule has 0 bridgehead atoms. The minimum Gasteiger partial charge on any atom is -0.357 e. The van der Waals surface area contributed by atoms with Crippen LogP contribution in [0.2, 0.25) is 0 Å². The molecule has 0 spiro atoms. The third kappa shape index (κ3) is 5.18. The van der Waals surface area contributed by atoms with Crippen molar-refractivity contribution in [2.45, 2.75) is 45.2 Å². The summed E-state index contributed by atoms with van der Waals surface area (Å²) in [7, 11) is 0. The normalized spacial score (nSPS) is 17.8. The van der Waals surface area contributed by atoms with Crippen molar-refractivity contribution in [1.29, 1.82) is 0 Å². The van der Waals surface area contributed by atoms with E-state index in [9.17, 15) is 18.8 Å². The van der Waals surface area contributed by atoms with Gasteiger partial charge in [0.25, 0.3) is 11.8 Å². The summed E-state index contributed by atoms with van der Waals surface area (Å²) in [6.07, 6.45) is 5.03. The fourth-order valence-electron chi connectivity index (χ4n) is 5.59. The highest BCUT2D eigenvalue weighted by atomic mass is 19.1. The van der Waals surface area contributed by atoms with Gasteiger partial charge in [-0.1, -0.05) is 25.6 Å². The summed E-state index contributed by atoms with van der Waals surface area (Å²) in [6, 6.07) is 9.79. The Morgan fingerprint density at radius 3 is 2.50 bits per heavy atom. The number of benzene rings is 1. The number of ketones is 1. The second-order valence-electron chi connectivity index (χ2n) is 10.3. The molecule has 1 unspecified atom stereocenters. The number of likely N-dealkylation sites (tertiary alicyclic amines) is 1. The first kappa shape index (κ1) is 25.6. The van der Waals surface area contributed by atoms with Crippen LogP contribution in [0, 0.1) is 11.7 Å². The molecule has 1 saturated heterocycles. The lowest BCUT2D eigenvalue weighted by atomic mass is 9.91. The monoisotopic (exact) mass is 517 g/mol. The molecule has 8 nitrogen and oxygen atoms in total. The molecule has 4 heterocycles. The topological polar surface area (TPSA) is 91.3 Å². The van der Waals surface area contributed by atoms with E-state index in [2.05, 4.69) is 11.6 Å². The van der Waals surface area contributed by atoms with E-state index in [1.165, 1.54) is 18.2 Å². The highest BCUT2D eigenvalue weighted by molar-refractivity contribution is 5.96. The minimum absolute atomic E-state index is 0.0317. The van der Waals surface area contributed by atoms with E-state index in [-0.39, 0.29) is 41.8 Å². The third-order valence-electron chi connectivity index (χ3n) is 7.59. The summed E-state index contributed by atoms with van der Waals surface area (Å²) in [6.45, 7) is 7.87. The first-order chi connectivity index (χ1) is 18.3. The van der Waals surface area contributed by atoms with E-state index >= 15 is 0 Å². The van der Waals surface area contributed by atoms with Crippen LogP contribution in [0.3, 0.4) is 0 Å². The number of H-pyrrole nitrogens is 1. The molecule has 2 aliphatic rings. The van der Waals surface area contributed by atoms with E-state index < -0.39 is 0 Å². The Morgan fingerprint density at radius 2 is 1.84 bits per heavy atom. The Hall–Kier alpha value is -4.01. The van der Waals surface area contributed by atoms with Crippen molar-refractivity contribution < 1.29 is 18.8 Å². The lowest BCUT2D eigenvalue weighted by molar-refractivity contribution is -0.115. The summed E-state index contributed by atoms with van der Waals surface area (Å²) < 4.78 is 15.3. The van der Waals surface area contributed by atoms with Crippen LogP contribution in [0.25, 0.3) is 0 Å². The van der Waals surface area contributed by atoms with Crippen molar-refractivity contribution in [3.63, 3.8) is 0 Å². The molecule has 2 aromatic heterocycles. The van der Waals surface area contributed by atoms with E-state index in [0.717, 1.165) is 29.7 Å². The molecular formula is C29H32FN5O3. The van der Waals surface area contributed by atoms with Crippen LogP contribution in [0.15, 0.2) is 55.3 Å². The fourth-order valence-corrected chi connectivity index (χ4v) is 5.59. The highest BCUT2D eigenvalue weighted by Gasteiger charge is 2.36. The molecule has 2 amide bonds. The van der Waals surface area contributed by atoms with Gasteiger partial charge in [0.1, 0.15) is 11.5 Å². The van der Waals surface area contributed by atoms with Crippen molar-refractivity contribution in [3.8, 4) is 0 Å². The maximum absolute atomic E-state index is 13.8. The number of aromatic amines is 1.